The summed E-state index contributed by atoms with van der Waals surface area (Å²) in [7, 11) is 0. The van der Waals surface area contributed by atoms with Crippen molar-refractivity contribution in [2.24, 2.45) is 5.41 Å². The fourth-order valence-corrected chi connectivity index (χ4v) is 2.40. The predicted octanol–water partition coefficient (Wildman–Crippen LogP) is 0.200. The summed E-state index contributed by atoms with van der Waals surface area (Å²) in [5.74, 6) is -0.723. The van der Waals surface area contributed by atoms with Gasteiger partial charge in [0, 0.05) is 26.2 Å². The van der Waals surface area contributed by atoms with Gasteiger partial charge in [0.1, 0.15) is 5.41 Å². The van der Waals surface area contributed by atoms with Crippen LogP contribution in [0.25, 0.3) is 0 Å². The monoisotopic (exact) mass is 229 g/mol. The van der Waals surface area contributed by atoms with E-state index < -0.39 is 11.4 Å². The van der Waals surface area contributed by atoms with Crippen LogP contribution in [0.4, 0.5) is 0 Å². The molecule has 2 aliphatic rings. The van der Waals surface area contributed by atoms with Crippen LogP contribution in [-0.4, -0.2) is 62.0 Å². The van der Waals surface area contributed by atoms with Crippen molar-refractivity contribution >= 4 is 5.97 Å². The lowest BCUT2D eigenvalue weighted by atomic mass is 9.82. The smallest absolute Gasteiger partial charge is 0.313 e. The minimum atomic E-state index is -0.723. The number of nitrogens with zero attached hydrogens (tertiary/aromatic N) is 1. The number of hydrogen-bond donors (Lipinski definition) is 1. The molecule has 2 rings (SSSR count). The molecule has 2 heterocycles. The number of rotatable bonds is 3. The first-order valence-corrected chi connectivity index (χ1v) is 5.84. The van der Waals surface area contributed by atoms with Crippen LogP contribution < -0.4 is 0 Å². The molecule has 0 amide bonds. The van der Waals surface area contributed by atoms with Crippen molar-refractivity contribution in [3.8, 4) is 0 Å². The summed E-state index contributed by atoms with van der Waals surface area (Å²) in [4.78, 5) is 13.6. The van der Waals surface area contributed by atoms with Gasteiger partial charge in [0.25, 0.3) is 0 Å². The molecule has 1 atom stereocenters. The molecular weight excluding hydrogens is 210 g/mol. The van der Waals surface area contributed by atoms with E-state index in [1.807, 2.05) is 0 Å². The molecule has 5 nitrogen and oxygen atoms in total. The van der Waals surface area contributed by atoms with E-state index in [1.54, 1.807) is 0 Å². The summed E-state index contributed by atoms with van der Waals surface area (Å²) < 4.78 is 10.6. The van der Waals surface area contributed by atoms with Crippen LogP contribution in [0, 0.1) is 5.41 Å². The first kappa shape index (κ1) is 11.8. The second kappa shape index (κ2) is 5.12. The van der Waals surface area contributed by atoms with Crippen molar-refractivity contribution < 1.29 is 19.4 Å². The normalized spacial score (nSPS) is 32.5. The molecule has 2 saturated heterocycles. The molecule has 16 heavy (non-hydrogen) atoms. The van der Waals surface area contributed by atoms with Crippen molar-refractivity contribution in [1.29, 1.82) is 0 Å². The minimum Gasteiger partial charge on any atom is -0.481 e. The Kier molecular flexibility index (Phi) is 3.78. The van der Waals surface area contributed by atoms with E-state index in [0.717, 1.165) is 25.9 Å². The molecule has 0 aromatic carbocycles. The maximum atomic E-state index is 11.4. The van der Waals surface area contributed by atoms with Gasteiger partial charge in [0.15, 0.2) is 0 Å². The highest BCUT2D eigenvalue weighted by molar-refractivity contribution is 5.75. The van der Waals surface area contributed by atoms with Gasteiger partial charge in [0.2, 0.25) is 0 Å². The second-order valence-electron chi connectivity index (χ2n) is 4.63. The molecule has 0 aliphatic carbocycles. The van der Waals surface area contributed by atoms with Gasteiger partial charge >= 0.3 is 5.97 Å². The van der Waals surface area contributed by atoms with E-state index in [0.29, 0.717) is 33.0 Å². The Morgan fingerprint density at radius 3 is 2.56 bits per heavy atom. The van der Waals surface area contributed by atoms with Gasteiger partial charge in [0.05, 0.1) is 19.8 Å². The van der Waals surface area contributed by atoms with Crippen LogP contribution in [0.3, 0.4) is 0 Å². The maximum Gasteiger partial charge on any atom is 0.313 e. The summed E-state index contributed by atoms with van der Waals surface area (Å²) in [5.41, 5.74) is -0.699. The molecule has 5 heteroatoms. The van der Waals surface area contributed by atoms with Crippen LogP contribution in [0.1, 0.15) is 12.8 Å². The molecule has 0 saturated carbocycles. The Balaban J connectivity index is 1.98. The van der Waals surface area contributed by atoms with Crippen molar-refractivity contribution in [2.45, 2.75) is 12.8 Å². The van der Waals surface area contributed by atoms with Crippen LogP contribution in [-0.2, 0) is 14.3 Å². The summed E-state index contributed by atoms with van der Waals surface area (Å²) >= 11 is 0. The summed E-state index contributed by atoms with van der Waals surface area (Å²) in [6, 6.07) is 0. The molecule has 0 aromatic rings. The Labute approximate surface area is 95.3 Å². The minimum absolute atomic E-state index is 0.347. The zero-order valence-corrected chi connectivity index (χ0v) is 9.48. The van der Waals surface area contributed by atoms with E-state index in [1.165, 1.54) is 0 Å². The predicted molar refractivity (Wildman–Crippen MR) is 57.4 cm³/mol. The summed E-state index contributed by atoms with van der Waals surface area (Å²) in [6.07, 6.45) is 1.57. The number of carbonyl (C=O) groups is 1. The molecule has 1 unspecified atom stereocenters. The third-order valence-corrected chi connectivity index (χ3v) is 3.41. The SMILES string of the molecule is O=C(O)C1(CN2CCOCC2)CCCOC1. The number of carboxylic acids is 1. The highest BCUT2D eigenvalue weighted by Crippen LogP contribution is 2.30. The number of aliphatic carboxylic acids is 1. The molecule has 2 aliphatic heterocycles. The molecule has 0 radical (unpaired) electrons. The van der Waals surface area contributed by atoms with Crippen molar-refractivity contribution in [1.82, 2.24) is 4.90 Å². The Hall–Kier alpha value is -0.650. The number of hydrogen-bond acceptors (Lipinski definition) is 4. The lowest BCUT2D eigenvalue weighted by Crippen LogP contribution is -2.51. The van der Waals surface area contributed by atoms with Gasteiger partial charge in [-0.2, -0.15) is 0 Å². The van der Waals surface area contributed by atoms with Gasteiger partial charge in [-0.1, -0.05) is 0 Å². The molecule has 0 bridgehead atoms. The highest BCUT2D eigenvalue weighted by atomic mass is 16.5. The first-order chi connectivity index (χ1) is 7.73. The van der Waals surface area contributed by atoms with E-state index >= 15 is 0 Å². The van der Waals surface area contributed by atoms with E-state index in [2.05, 4.69) is 4.90 Å². The van der Waals surface area contributed by atoms with Gasteiger partial charge < -0.3 is 14.6 Å². The Bertz CT molecular complexity index is 244. The fraction of sp³-hybridized carbons (Fsp3) is 0.909. The van der Waals surface area contributed by atoms with E-state index in [9.17, 15) is 9.90 Å². The number of ether oxygens (including phenoxy) is 2. The summed E-state index contributed by atoms with van der Waals surface area (Å²) in [6.45, 7) is 4.70. The third kappa shape index (κ3) is 2.53. The van der Waals surface area contributed by atoms with Crippen molar-refractivity contribution in [3.05, 3.63) is 0 Å². The van der Waals surface area contributed by atoms with Crippen molar-refractivity contribution in [3.63, 3.8) is 0 Å². The molecule has 0 spiro atoms. The van der Waals surface area contributed by atoms with Gasteiger partial charge in [-0.05, 0) is 12.8 Å². The van der Waals surface area contributed by atoms with Gasteiger partial charge in [-0.3, -0.25) is 9.69 Å². The lowest BCUT2D eigenvalue weighted by Gasteiger charge is -2.38. The third-order valence-electron chi connectivity index (χ3n) is 3.41. The molecule has 0 aromatic heterocycles. The fourth-order valence-electron chi connectivity index (χ4n) is 2.40. The zero-order valence-electron chi connectivity index (χ0n) is 9.48. The van der Waals surface area contributed by atoms with Crippen LogP contribution in [0.5, 0.6) is 0 Å². The Morgan fingerprint density at radius 2 is 2.00 bits per heavy atom. The topological polar surface area (TPSA) is 59.0 Å². The van der Waals surface area contributed by atoms with Gasteiger partial charge in [-0.25, -0.2) is 0 Å². The van der Waals surface area contributed by atoms with Crippen LogP contribution in [0.15, 0.2) is 0 Å². The number of carboxylic acid groups (broad SMARTS) is 1. The number of morpholine rings is 1. The summed E-state index contributed by atoms with van der Waals surface area (Å²) in [5, 5.41) is 9.38. The van der Waals surface area contributed by atoms with Crippen molar-refractivity contribution in [2.75, 3.05) is 46.1 Å². The molecule has 1 N–H and O–H groups in total. The maximum absolute atomic E-state index is 11.4. The first-order valence-electron chi connectivity index (χ1n) is 5.84. The van der Waals surface area contributed by atoms with Crippen LogP contribution >= 0.6 is 0 Å². The van der Waals surface area contributed by atoms with Crippen LogP contribution in [0.2, 0.25) is 0 Å². The standard InChI is InChI=1S/C11H19NO4/c13-10(14)11(2-1-5-16-9-11)8-12-3-6-15-7-4-12/h1-9H2,(H,13,14). The van der Waals surface area contributed by atoms with E-state index in [-0.39, 0.29) is 0 Å². The second-order valence-corrected chi connectivity index (χ2v) is 4.63. The van der Waals surface area contributed by atoms with E-state index in [4.69, 9.17) is 9.47 Å². The Morgan fingerprint density at radius 1 is 1.25 bits per heavy atom. The van der Waals surface area contributed by atoms with Gasteiger partial charge in [-0.15, -0.1) is 0 Å². The molecular formula is C11H19NO4. The molecule has 2 fully saturated rings. The quantitative estimate of drug-likeness (QED) is 0.749. The highest BCUT2D eigenvalue weighted by Gasteiger charge is 2.42. The average molecular weight is 229 g/mol. The largest absolute Gasteiger partial charge is 0.481 e. The zero-order chi connectivity index (χ0) is 11.4. The lowest BCUT2D eigenvalue weighted by molar-refractivity contribution is -0.160. The average Bonchev–Trinajstić information content (AvgIpc) is 2.31. The molecule has 92 valence electrons.